The number of nitrogens with one attached hydrogen (secondary N) is 1. The second kappa shape index (κ2) is 6.08. The highest BCUT2D eigenvalue weighted by Gasteiger charge is 2.32. The van der Waals surface area contributed by atoms with Crippen LogP contribution in [-0.2, 0) is 9.53 Å². The molecule has 0 bridgehead atoms. The second-order valence-corrected chi connectivity index (χ2v) is 4.27. The van der Waals surface area contributed by atoms with E-state index >= 15 is 0 Å². The monoisotopic (exact) mass is 214 g/mol. The van der Waals surface area contributed by atoms with Crippen LogP contribution >= 0.6 is 0 Å². The molecule has 1 saturated heterocycles. The molecule has 0 aliphatic carbocycles. The lowest BCUT2D eigenvalue weighted by Gasteiger charge is -2.22. The topological polar surface area (TPSA) is 41.6 Å². The minimum Gasteiger partial charge on any atom is -0.368 e. The van der Waals surface area contributed by atoms with Crippen molar-refractivity contribution in [3.63, 3.8) is 0 Å². The van der Waals surface area contributed by atoms with E-state index in [1.165, 1.54) is 0 Å². The fourth-order valence-corrected chi connectivity index (χ4v) is 1.83. The maximum atomic E-state index is 11.9. The number of carbonyl (C=O) groups excluding carboxylic acids is 1. The molecule has 2 unspecified atom stereocenters. The molecule has 0 aromatic heterocycles. The first-order valence-electron chi connectivity index (χ1n) is 5.68. The van der Waals surface area contributed by atoms with Crippen LogP contribution in [-0.4, -0.2) is 50.7 Å². The molecule has 0 aromatic rings. The van der Waals surface area contributed by atoms with Crippen molar-refractivity contribution in [2.24, 2.45) is 5.92 Å². The van der Waals surface area contributed by atoms with Crippen molar-refractivity contribution >= 4 is 5.91 Å². The number of carbonyl (C=O) groups is 1. The number of nitrogens with zero attached hydrogens (tertiary/aromatic N) is 1. The lowest BCUT2D eigenvalue weighted by molar-refractivity contribution is -0.141. The highest BCUT2D eigenvalue weighted by Crippen LogP contribution is 2.21. The third kappa shape index (κ3) is 3.47. The van der Waals surface area contributed by atoms with E-state index in [4.69, 9.17) is 4.74 Å². The zero-order valence-electron chi connectivity index (χ0n) is 9.95. The molecule has 15 heavy (non-hydrogen) atoms. The van der Waals surface area contributed by atoms with Crippen LogP contribution < -0.4 is 5.32 Å². The number of hydrogen-bond donors (Lipinski definition) is 1. The molecule has 1 fully saturated rings. The lowest BCUT2D eigenvalue weighted by atomic mass is 10.0. The quantitative estimate of drug-likeness (QED) is 0.677. The number of likely N-dealkylation sites (N-methyl/N-ethyl adjacent to an activating group) is 1. The van der Waals surface area contributed by atoms with Gasteiger partial charge in [0.2, 0.25) is 0 Å². The van der Waals surface area contributed by atoms with Crippen LogP contribution in [0.3, 0.4) is 0 Å². The fourth-order valence-electron chi connectivity index (χ4n) is 1.83. The minimum atomic E-state index is -0.204. The molecule has 1 N–H and O–H groups in total. The van der Waals surface area contributed by atoms with Crippen LogP contribution in [0.2, 0.25) is 0 Å². The second-order valence-electron chi connectivity index (χ2n) is 4.27. The van der Waals surface area contributed by atoms with Gasteiger partial charge in [-0.25, -0.2) is 0 Å². The van der Waals surface area contributed by atoms with Gasteiger partial charge in [-0.3, -0.25) is 4.79 Å². The van der Waals surface area contributed by atoms with E-state index in [2.05, 4.69) is 12.2 Å². The number of hydrogen-bond acceptors (Lipinski definition) is 3. The Labute approximate surface area is 92.0 Å². The van der Waals surface area contributed by atoms with Gasteiger partial charge in [0, 0.05) is 20.2 Å². The van der Waals surface area contributed by atoms with Crippen LogP contribution in [0.1, 0.15) is 19.8 Å². The average Bonchev–Trinajstić information content (AvgIpc) is 2.63. The summed E-state index contributed by atoms with van der Waals surface area (Å²) in [7, 11) is 3.77. The summed E-state index contributed by atoms with van der Waals surface area (Å²) in [5.41, 5.74) is 0. The Bertz CT molecular complexity index is 209. The molecule has 0 spiro atoms. The van der Waals surface area contributed by atoms with Gasteiger partial charge in [-0.15, -0.1) is 0 Å². The Hall–Kier alpha value is -0.610. The molecule has 0 saturated carbocycles. The Balaban J connectivity index is 2.31. The largest absolute Gasteiger partial charge is 0.368 e. The van der Waals surface area contributed by atoms with Crippen molar-refractivity contribution in [1.82, 2.24) is 10.2 Å². The highest BCUT2D eigenvalue weighted by atomic mass is 16.5. The van der Waals surface area contributed by atoms with Gasteiger partial charge in [0.1, 0.15) is 6.10 Å². The third-order valence-electron chi connectivity index (χ3n) is 2.93. The normalized spacial score (nSPS) is 25.5. The van der Waals surface area contributed by atoms with Crippen LogP contribution in [0.25, 0.3) is 0 Å². The number of rotatable bonds is 5. The van der Waals surface area contributed by atoms with Gasteiger partial charge >= 0.3 is 0 Å². The molecule has 4 nitrogen and oxygen atoms in total. The zero-order chi connectivity index (χ0) is 11.3. The molecular formula is C11H22N2O2. The molecule has 1 aliphatic heterocycles. The minimum absolute atomic E-state index is 0.135. The van der Waals surface area contributed by atoms with E-state index < -0.39 is 0 Å². The molecule has 0 radical (unpaired) electrons. The summed E-state index contributed by atoms with van der Waals surface area (Å²) >= 11 is 0. The molecule has 1 aliphatic rings. The zero-order valence-corrected chi connectivity index (χ0v) is 9.95. The molecule has 88 valence electrons. The predicted octanol–water partition coefficient (Wildman–Crippen LogP) is 0.479. The molecule has 2 atom stereocenters. The number of amides is 1. The summed E-state index contributed by atoms with van der Waals surface area (Å²) in [6.07, 6.45) is 1.78. The van der Waals surface area contributed by atoms with Gasteiger partial charge in [0.25, 0.3) is 5.91 Å². The van der Waals surface area contributed by atoms with Crippen molar-refractivity contribution in [2.75, 3.05) is 33.8 Å². The van der Waals surface area contributed by atoms with Crippen molar-refractivity contribution in [3.05, 3.63) is 0 Å². The average molecular weight is 214 g/mol. The van der Waals surface area contributed by atoms with Gasteiger partial charge in [0.15, 0.2) is 0 Å². The summed E-state index contributed by atoms with van der Waals surface area (Å²) in [4.78, 5) is 13.7. The van der Waals surface area contributed by atoms with Gasteiger partial charge in [0.05, 0.1) is 0 Å². The molecule has 1 amide bonds. The van der Waals surface area contributed by atoms with E-state index in [0.717, 1.165) is 32.5 Å². The van der Waals surface area contributed by atoms with Crippen molar-refractivity contribution in [2.45, 2.75) is 25.9 Å². The Morgan fingerprint density at radius 2 is 2.33 bits per heavy atom. The van der Waals surface area contributed by atoms with Crippen LogP contribution in [0.5, 0.6) is 0 Å². The fraction of sp³-hybridized carbons (Fsp3) is 0.909. The summed E-state index contributed by atoms with van der Waals surface area (Å²) in [6.45, 7) is 4.55. The van der Waals surface area contributed by atoms with Gasteiger partial charge in [-0.2, -0.15) is 0 Å². The smallest absolute Gasteiger partial charge is 0.251 e. The van der Waals surface area contributed by atoms with E-state index in [1.54, 1.807) is 4.90 Å². The van der Waals surface area contributed by atoms with Crippen molar-refractivity contribution in [3.8, 4) is 0 Å². The summed E-state index contributed by atoms with van der Waals surface area (Å²) in [6, 6.07) is 0. The molecule has 4 heteroatoms. The Kier molecular flexibility index (Phi) is 5.05. The van der Waals surface area contributed by atoms with Crippen molar-refractivity contribution < 1.29 is 9.53 Å². The maximum absolute atomic E-state index is 11.9. The predicted molar refractivity (Wildman–Crippen MR) is 59.7 cm³/mol. The van der Waals surface area contributed by atoms with Crippen LogP contribution in [0, 0.1) is 5.92 Å². The number of ether oxygens (including phenoxy) is 1. The molecular weight excluding hydrogens is 192 g/mol. The van der Waals surface area contributed by atoms with Crippen molar-refractivity contribution in [1.29, 1.82) is 0 Å². The lowest BCUT2D eigenvalue weighted by Crippen LogP contribution is -2.39. The first-order valence-corrected chi connectivity index (χ1v) is 5.68. The third-order valence-corrected chi connectivity index (χ3v) is 2.93. The van der Waals surface area contributed by atoms with E-state index in [1.807, 2.05) is 14.1 Å². The van der Waals surface area contributed by atoms with Gasteiger partial charge < -0.3 is 15.0 Å². The SMILES string of the molecule is CNCCCN(C)C(=O)C1OCCC1C. The van der Waals surface area contributed by atoms with Gasteiger partial charge in [-0.1, -0.05) is 6.92 Å². The van der Waals surface area contributed by atoms with E-state index in [-0.39, 0.29) is 12.0 Å². The molecule has 0 aromatic carbocycles. The Morgan fingerprint density at radius 1 is 1.60 bits per heavy atom. The summed E-state index contributed by atoms with van der Waals surface area (Å²) in [5.74, 6) is 0.500. The molecule has 1 rings (SSSR count). The highest BCUT2D eigenvalue weighted by molar-refractivity contribution is 5.81. The first-order chi connectivity index (χ1) is 7.16. The van der Waals surface area contributed by atoms with Gasteiger partial charge in [-0.05, 0) is 32.4 Å². The maximum Gasteiger partial charge on any atom is 0.251 e. The first kappa shape index (κ1) is 12.5. The van der Waals surface area contributed by atoms with E-state index in [9.17, 15) is 4.79 Å². The molecule has 1 heterocycles. The summed E-state index contributed by atoms with van der Waals surface area (Å²) < 4.78 is 5.45. The van der Waals surface area contributed by atoms with Crippen LogP contribution in [0.15, 0.2) is 0 Å². The Morgan fingerprint density at radius 3 is 2.87 bits per heavy atom. The standard InChI is InChI=1S/C11H22N2O2/c1-9-5-8-15-10(9)11(14)13(3)7-4-6-12-2/h9-10,12H,4-8H2,1-3H3. The summed E-state index contributed by atoms with van der Waals surface area (Å²) in [5, 5.41) is 3.07. The van der Waals surface area contributed by atoms with Crippen LogP contribution in [0.4, 0.5) is 0 Å². The van der Waals surface area contributed by atoms with E-state index in [0.29, 0.717) is 5.92 Å².